The summed E-state index contributed by atoms with van der Waals surface area (Å²) in [6.07, 6.45) is 8.23. The molecule has 33 heavy (non-hydrogen) atoms. The topological polar surface area (TPSA) is 47.4 Å². The molecule has 5 rings (SSSR count). The van der Waals surface area contributed by atoms with E-state index in [0.717, 1.165) is 66.2 Å². The van der Waals surface area contributed by atoms with Gasteiger partial charge >= 0.3 is 0 Å². The van der Waals surface area contributed by atoms with Crippen LogP contribution < -0.4 is 4.74 Å². The van der Waals surface area contributed by atoms with Crippen LogP contribution in [0.3, 0.4) is 0 Å². The van der Waals surface area contributed by atoms with Gasteiger partial charge in [0.25, 0.3) is 0 Å². The number of imidazole rings is 1. The summed E-state index contributed by atoms with van der Waals surface area (Å²) in [5, 5.41) is 0.946. The first kappa shape index (κ1) is 22.3. The number of halogens is 2. The van der Waals surface area contributed by atoms with Gasteiger partial charge in [0.2, 0.25) is 5.91 Å². The van der Waals surface area contributed by atoms with E-state index in [1.807, 2.05) is 19.2 Å². The second-order valence-electron chi connectivity index (χ2n) is 9.01. The van der Waals surface area contributed by atoms with Crippen molar-refractivity contribution in [1.29, 1.82) is 0 Å². The maximum absolute atomic E-state index is 13.0. The minimum absolute atomic E-state index is 0.00866. The van der Waals surface area contributed by atoms with Gasteiger partial charge in [0.15, 0.2) is 0 Å². The number of rotatable bonds is 7. The maximum Gasteiger partial charge on any atom is 0.227 e. The summed E-state index contributed by atoms with van der Waals surface area (Å²) in [5.74, 6) is 2.01. The van der Waals surface area contributed by atoms with E-state index < -0.39 is 0 Å². The van der Waals surface area contributed by atoms with Crippen LogP contribution in [0.1, 0.15) is 42.6 Å². The van der Waals surface area contributed by atoms with Crippen molar-refractivity contribution < 1.29 is 9.53 Å². The number of likely N-dealkylation sites (N-methyl/N-ethyl adjacent to an activating group) is 1. The highest BCUT2D eigenvalue weighted by atomic mass is 35.5. The van der Waals surface area contributed by atoms with Crippen molar-refractivity contribution in [1.82, 2.24) is 14.5 Å². The van der Waals surface area contributed by atoms with Gasteiger partial charge in [-0.1, -0.05) is 29.3 Å². The highest BCUT2D eigenvalue weighted by Crippen LogP contribution is 2.32. The Kier molecular flexibility index (Phi) is 6.35. The number of hydrogen-bond acceptors (Lipinski definition) is 3. The quantitative estimate of drug-likeness (QED) is 0.417. The van der Waals surface area contributed by atoms with Crippen LogP contribution in [0.15, 0.2) is 42.6 Å². The molecule has 2 heterocycles. The fourth-order valence-corrected chi connectivity index (χ4v) is 4.66. The monoisotopic (exact) mass is 483 g/mol. The van der Waals surface area contributed by atoms with E-state index in [0.29, 0.717) is 16.6 Å². The van der Waals surface area contributed by atoms with E-state index in [1.165, 1.54) is 6.42 Å². The predicted octanol–water partition coefficient (Wildman–Crippen LogP) is 5.94. The van der Waals surface area contributed by atoms with Gasteiger partial charge in [0.05, 0.1) is 28.3 Å². The van der Waals surface area contributed by atoms with Crippen molar-refractivity contribution in [3.63, 3.8) is 0 Å². The molecule has 1 amide bonds. The summed E-state index contributed by atoms with van der Waals surface area (Å²) in [6.45, 7) is 1.49. The van der Waals surface area contributed by atoms with Crippen molar-refractivity contribution in [2.24, 2.45) is 0 Å². The largest absolute Gasteiger partial charge is 0.490 e. The van der Waals surface area contributed by atoms with Crippen molar-refractivity contribution in [2.45, 2.75) is 57.7 Å². The first-order valence-corrected chi connectivity index (χ1v) is 12.3. The second-order valence-corrected chi connectivity index (χ2v) is 9.82. The minimum atomic E-state index is 0.00866. The Morgan fingerprint density at radius 3 is 2.73 bits per heavy atom. The molecule has 1 aliphatic heterocycles. The molecule has 1 aliphatic carbocycles. The molecule has 2 aromatic carbocycles. The van der Waals surface area contributed by atoms with Crippen molar-refractivity contribution in [2.75, 3.05) is 7.05 Å². The van der Waals surface area contributed by atoms with Gasteiger partial charge < -0.3 is 14.2 Å². The Balaban J connectivity index is 1.36. The third kappa shape index (κ3) is 4.90. The number of ether oxygens (including phenoxy) is 1. The Labute approximate surface area is 204 Å². The first-order chi connectivity index (χ1) is 16.0. The third-order valence-corrected chi connectivity index (χ3v) is 7.27. The Bertz CT molecular complexity index is 1160. The van der Waals surface area contributed by atoms with E-state index in [1.54, 1.807) is 17.0 Å². The van der Waals surface area contributed by atoms with Crippen LogP contribution in [0, 0.1) is 0 Å². The average molecular weight is 484 g/mol. The van der Waals surface area contributed by atoms with Crippen molar-refractivity contribution in [3.05, 3.63) is 69.6 Å². The van der Waals surface area contributed by atoms with E-state index in [2.05, 4.69) is 22.9 Å². The van der Waals surface area contributed by atoms with Crippen LogP contribution in [0.2, 0.25) is 10.0 Å². The number of carbonyl (C=O) groups excluding carboxylic acids is 1. The van der Waals surface area contributed by atoms with E-state index in [4.69, 9.17) is 32.9 Å². The molecule has 2 aliphatic rings. The number of amides is 1. The molecule has 172 valence electrons. The molecule has 0 bridgehead atoms. The molecular weight excluding hydrogens is 457 g/mol. The third-order valence-electron chi connectivity index (χ3n) is 6.53. The molecule has 5 nitrogen and oxygen atoms in total. The molecule has 1 fully saturated rings. The molecule has 0 unspecified atom stereocenters. The lowest BCUT2D eigenvalue weighted by Crippen LogP contribution is -2.29. The van der Waals surface area contributed by atoms with Crippen LogP contribution in [0.25, 0.3) is 11.3 Å². The number of carbonyl (C=O) groups is 1. The number of benzene rings is 2. The molecule has 0 radical (unpaired) electrons. The van der Waals surface area contributed by atoms with E-state index in [-0.39, 0.29) is 18.4 Å². The minimum Gasteiger partial charge on any atom is -0.490 e. The zero-order chi connectivity index (χ0) is 22.9. The normalized spacial score (nSPS) is 15.2. The standard InChI is InChI=1S/C26H27Cl2N3O2/c1-30(26(32)13-17-7-9-21(27)22(28)12-17)15-19-14-18(8-10-24(19)33-20-4-2-5-20)23-16-31-11-3-6-25(31)29-23/h7-10,12,14,16,20H,2-6,11,13,15H2,1H3. The van der Waals surface area contributed by atoms with Gasteiger partial charge in [-0.15, -0.1) is 0 Å². The fourth-order valence-electron chi connectivity index (χ4n) is 4.34. The SMILES string of the molecule is CN(Cc1cc(-c2cn3c(n2)CCC3)ccc1OC1CCC1)C(=O)Cc1ccc(Cl)c(Cl)c1. The molecular formula is C26H27Cl2N3O2. The Hall–Kier alpha value is -2.50. The van der Waals surface area contributed by atoms with Gasteiger partial charge in [-0.05, 0) is 61.6 Å². The summed E-state index contributed by atoms with van der Waals surface area (Å²) < 4.78 is 8.50. The van der Waals surface area contributed by atoms with Gasteiger partial charge in [-0.25, -0.2) is 4.98 Å². The average Bonchev–Trinajstić information content (AvgIpc) is 3.36. The van der Waals surface area contributed by atoms with Crippen LogP contribution in [-0.4, -0.2) is 33.5 Å². The Morgan fingerprint density at radius 1 is 1.15 bits per heavy atom. The molecule has 1 aromatic heterocycles. The van der Waals surface area contributed by atoms with Crippen LogP contribution >= 0.6 is 23.2 Å². The lowest BCUT2D eigenvalue weighted by Gasteiger charge is -2.28. The summed E-state index contributed by atoms with van der Waals surface area (Å²) in [4.78, 5) is 19.5. The van der Waals surface area contributed by atoms with Crippen LogP contribution in [0.5, 0.6) is 5.75 Å². The highest BCUT2D eigenvalue weighted by molar-refractivity contribution is 6.42. The highest BCUT2D eigenvalue weighted by Gasteiger charge is 2.22. The molecule has 0 atom stereocenters. The van der Waals surface area contributed by atoms with Crippen LogP contribution in [0.4, 0.5) is 0 Å². The maximum atomic E-state index is 13.0. The van der Waals surface area contributed by atoms with Crippen molar-refractivity contribution in [3.8, 4) is 17.0 Å². The number of aromatic nitrogens is 2. The van der Waals surface area contributed by atoms with Crippen LogP contribution in [-0.2, 0) is 30.7 Å². The molecule has 3 aromatic rings. The number of nitrogens with zero attached hydrogens (tertiary/aromatic N) is 3. The van der Waals surface area contributed by atoms with E-state index >= 15 is 0 Å². The molecule has 7 heteroatoms. The van der Waals surface area contributed by atoms with E-state index in [9.17, 15) is 4.79 Å². The number of hydrogen-bond donors (Lipinski definition) is 0. The molecule has 1 saturated carbocycles. The summed E-state index contributed by atoms with van der Waals surface area (Å²) in [5.41, 5.74) is 3.87. The van der Waals surface area contributed by atoms with Gasteiger partial charge in [0, 0.05) is 43.9 Å². The summed E-state index contributed by atoms with van der Waals surface area (Å²) in [6, 6.07) is 11.5. The van der Waals surface area contributed by atoms with Gasteiger partial charge in [-0.2, -0.15) is 0 Å². The summed E-state index contributed by atoms with van der Waals surface area (Å²) >= 11 is 12.1. The van der Waals surface area contributed by atoms with Gasteiger partial charge in [-0.3, -0.25) is 4.79 Å². The van der Waals surface area contributed by atoms with Crippen molar-refractivity contribution >= 4 is 29.1 Å². The molecule has 0 N–H and O–H groups in total. The Morgan fingerprint density at radius 2 is 2.00 bits per heavy atom. The number of fused-ring (bicyclic) bond motifs is 1. The molecule has 0 saturated heterocycles. The zero-order valence-corrected chi connectivity index (χ0v) is 20.2. The second kappa shape index (κ2) is 9.40. The molecule has 0 spiro atoms. The first-order valence-electron chi connectivity index (χ1n) is 11.5. The smallest absolute Gasteiger partial charge is 0.227 e. The van der Waals surface area contributed by atoms with Gasteiger partial charge in [0.1, 0.15) is 11.6 Å². The fraction of sp³-hybridized carbons (Fsp3) is 0.385. The lowest BCUT2D eigenvalue weighted by molar-refractivity contribution is -0.129. The lowest BCUT2D eigenvalue weighted by atomic mass is 9.96. The zero-order valence-electron chi connectivity index (χ0n) is 18.7. The predicted molar refractivity (Wildman–Crippen MR) is 131 cm³/mol. The number of aryl methyl sites for hydroxylation is 2. The summed E-state index contributed by atoms with van der Waals surface area (Å²) in [7, 11) is 1.82.